The molecule has 4 rings (SSSR count). The number of hydrogen-bond acceptors (Lipinski definition) is 6. The van der Waals surface area contributed by atoms with E-state index in [1.54, 1.807) is 0 Å². The van der Waals surface area contributed by atoms with Crippen molar-refractivity contribution in [3.05, 3.63) is 35.9 Å². The van der Waals surface area contributed by atoms with Crippen LogP contribution in [0.2, 0.25) is 0 Å². The van der Waals surface area contributed by atoms with Crippen molar-refractivity contribution >= 4 is 6.09 Å². The van der Waals surface area contributed by atoms with Gasteiger partial charge in [0.2, 0.25) is 0 Å². The van der Waals surface area contributed by atoms with E-state index < -0.39 is 30.9 Å². The molecule has 3 saturated heterocycles. The third kappa shape index (κ3) is 2.26. The Morgan fingerprint density at radius 2 is 2.00 bits per heavy atom. The third-order valence-corrected chi connectivity index (χ3v) is 4.17. The molecule has 0 unspecified atom stereocenters. The predicted molar refractivity (Wildman–Crippen MR) is 72.9 cm³/mol. The molecule has 0 spiro atoms. The molecule has 118 valence electrons. The number of rotatable bonds is 2. The maximum Gasteiger partial charge on any atom is 0.408 e. The second kappa shape index (κ2) is 5.51. The van der Waals surface area contributed by atoms with E-state index in [1.165, 1.54) is 7.11 Å². The van der Waals surface area contributed by atoms with Gasteiger partial charge in [0.15, 0.2) is 18.7 Å². The average Bonchev–Trinajstić information content (AvgIpc) is 2.96. The van der Waals surface area contributed by atoms with Crippen molar-refractivity contribution in [3.8, 4) is 0 Å². The fourth-order valence-corrected chi connectivity index (χ4v) is 3.14. The number of nitrogens with one attached hydrogen (secondary N) is 1. The molecule has 1 amide bonds. The van der Waals surface area contributed by atoms with Crippen LogP contribution < -0.4 is 5.32 Å². The van der Waals surface area contributed by atoms with Crippen molar-refractivity contribution in [2.45, 2.75) is 36.9 Å². The zero-order chi connectivity index (χ0) is 15.1. The van der Waals surface area contributed by atoms with E-state index in [1.807, 2.05) is 30.3 Å². The van der Waals surface area contributed by atoms with Crippen LogP contribution in [-0.4, -0.2) is 50.5 Å². The molecule has 6 atom stereocenters. The quantitative estimate of drug-likeness (QED) is 0.877. The normalized spacial score (nSPS) is 40.3. The zero-order valence-corrected chi connectivity index (χ0v) is 12.0. The molecule has 0 radical (unpaired) electrons. The Bertz CT molecular complexity index is 552. The zero-order valence-electron chi connectivity index (χ0n) is 12.0. The van der Waals surface area contributed by atoms with Gasteiger partial charge in [0.25, 0.3) is 0 Å². The van der Waals surface area contributed by atoms with Crippen molar-refractivity contribution in [3.63, 3.8) is 0 Å². The van der Waals surface area contributed by atoms with E-state index >= 15 is 0 Å². The first-order chi connectivity index (χ1) is 10.8. The lowest BCUT2D eigenvalue weighted by Crippen LogP contribution is -2.62. The lowest BCUT2D eigenvalue weighted by molar-refractivity contribution is -0.334. The van der Waals surface area contributed by atoms with Crippen molar-refractivity contribution in [1.82, 2.24) is 5.32 Å². The molecule has 3 aliphatic heterocycles. The van der Waals surface area contributed by atoms with Crippen molar-refractivity contribution in [2.24, 2.45) is 0 Å². The van der Waals surface area contributed by atoms with Crippen LogP contribution in [0.1, 0.15) is 11.9 Å². The molecule has 0 aromatic heterocycles. The first-order valence-corrected chi connectivity index (χ1v) is 7.23. The van der Waals surface area contributed by atoms with Gasteiger partial charge in [0.05, 0.1) is 6.61 Å². The summed E-state index contributed by atoms with van der Waals surface area (Å²) >= 11 is 0. The molecular formula is C15H17NO6. The maximum atomic E-state index is 11.6. The molecule has 3 aliphatic rings. The van der Waals surface area contributed by atoms with Gasteiger partial charge in [-0.1, -0.05) is 30.3 Å². The molecule has 3 heterocycles. The minimum atomic E-state index is -0.571. The minimum absolute atomic E-state index is 0.334. The first kappa shape index (κ1) is 14.0. The second-order valence-electron chi connectivity index (χ2n) is 5.50. The maximum absolute atomic E-state index is 11.6. The van der Waals surface area contributed by atoms with Gasteiger partial charge in [-0.15, -0.1) is 0 Å². The highest BCUT2D eigenvalue weighted by Gasteiger charge is 2.55. The molecule has 0 saturated carbocycles. The third-order valence-electron chi connectivity index (χ3n) is 4.17. The van der Waals surface area contributed by atoms with E-state index in [9.17, 15) is 4.79 Å². The highest BCUT2D eigenvalue weighted by molar-refractivity contribution is 5.70. The van der Waals surface area contributed by atoms with E-state index in [2.05, 4.69) is 5.32 Å². The van der Waals surface area contributed by atoms with Gasteiger partial charge < -0.3 is 29.0 Å². The fourth-order valence-electron chi connectivity index (χ4n) is 3.14. The summed E-state index contributed by atoms with van der Waals surface area (Å²) in [4.78, 5) is 11.6. The molecule has 0 aliphatic carbocycles. The number of methoxy groups -OCH3 is 1. The fraction of sp³-hybridized carbons (Fsp3) is 0.533. The standard InChI is InChI=1S/C15H17NO6/c1-18-14-10-12(22-15(17)16-10)11-9(20-14)7-19-13(21-11)8-5-3-2-4-6-8/h2-6,9-14H,7H2,1H3,(H,16,17)/t9-,10-,11-,12-,13-,14-/m1/s1. The van der Waals surface area contributed by atoms with Crippen LogP contribution in [0.3, 0.4) is 0 Å². The predicted octanol–water partition coefficient (Wildman–Crippen LogP) is 0.949. The van der Waals surface area contributed by atoms with Crippen molar-refractivity contribution in [2.75, 3.05) is 13.7 Å². The number of alkyl carbamates (subject to hydrolysis) is 1. The summed E-state index contributed by atoms with van der Waals surface area (Å²) in [6.07, 6.45) is -2.73. The van der Waals surface area contributed by atoms with Crippen LogP contribution in [-0.2, 0) is 23.7 Å². The SMILES string of the molecule is CO[C@@H]1O[C@@H]2CO[C@@H](c3ccccc3)O[C@H]2[C@@H]2OC(=O)N[C@@H]12. The largest absolute Gasteiger partial charge is 0.441 e. The minimum Gasteiger partial charge on any atom is -0.441 e. The highest BCUT2D eigenvalue weighted by Crippen LogP contribution is 2.36. The van der Waals surface area contributed by atoms with Crippen molar-refractivity contribution in [1.29, 1.82) is 0 Å². The molecule has 7 nitrogen and oxygen atoms in total. The monoisotopic (exact) mass is 307 g/mol. The highest BCUT2D eigenvalue weighted by atomic mass is 16.8. The van der Waals surface area contributed by atoms with Gasteiger partial charge >= 0.3 is 6.09 Å². The molecular weight excluding hydrogens is 290 g/mol. The number of amides is 1. The van der Waals surface area contributed by atoms with Crippen molar-refractivity contribution < 1.29 is 28.5 Å². The van der Waals surface area contributed by atoms with E-state index in [0.717, 1.165) is 5.56 Å². The second-order valence-corrected chi connectivity index (χ2v) is 5.50. The van der Waals surface area contributed by atoms with Crippen LogP contribution in [0.15, 0.2) is 30.3 Å². The number of carbonyl (C=O) groups excluding carboxylic acids is 1. The number of fused-ring (bicyclic) bond motifs is 3. The number of benzene rings is 1. The summed E-state index contributed by atoms with van der Waals surface area (Å²) in [5.74, 6) is 0. The smallest absolute Gasteiger partial charge is 0.408 e. The topological polar surface area (TPSA) is 75.2 Å². The van der Waals surface area contributed by atoms with Gasteiger partial charge in [-0.25, -0.2) is 4.79 Å². The van der Waals surface area contributed by atoms with Gasteiger partial charge in [-0.05, 0) is 0 Å². The summed E-state index contributed by atoms with van der Waals surface area (Å²) in [6, 6.07) is 9.26. The molecule has 1 aromatic carbocycles. The lowest BCUT2D eigenvalue weighted by Gasteiger charge is -2.45. The summed E-state index contributed by atoms with van der Waals surface area (Å²) in [7, 11) is 1.53. The molecule has 3 fully saturated rings. The Morgan fingerprint density at radius 3 is 2.77 bits per heavy atom. The molecule has 1 aromatic rings. The van der Waals surface area contributed by atoms with Gasteiger partial charge in [-0.2, -0.15) is 0 Å². The average molecular weight is 307 g/mol. The number of ether oxygens (including phenoxy) is 5. The number of hydrogen-bond donors (Lipinski definition) is 1. The Kier molecular flexibility index (Phi) is 3.50. The Balaban J connectivity index is 1.56. The molecule has 7 heteroatoms. The van der Waals surface area contributed by atoms with Crippen LogP contribution >= 0.6 is 0 Å². The summed E-state index contributed by atoms with van der Waals surface area (Å²) in [5.41, 5.74) is 0.920. The van der Waals surface area contributed by atoms with E-state index in [-0.39, 0.29) is 12.1 Å². The lowest BCUT2D eigenvalue weighted by atomic mass is 9.96. The molecule has 1 N–H and O–H groups in total. The number of carbonyl (C=O) groups is 1. The van der Waals surface area contributed by atoms with E-state index in [4.69, 9.17) is 23.7 Å². The van der Waals surface area contributed by atoms with Crippen LogP contribution in [0, 0.1) is 0 Å². The van der Waals surface area contributed by atoms with Gasteiger partial charge in [0, 0.05) is 12.7 Å². The summed E-state index contributed by atoms with van der Waals surface area (Å²) in [6.45, 7) is 0.352. The van der Waals surface area contributed by atoms with Gasteiger partial charge in [0.1, 0.15) is 18.2 Å². The Labute approximate surface area is 127 Å². The van der Waals surface area contributed by atoms with E-state index in [0.29, 0.717) is 6.61 Å². The van der Waals surface area contributed by atoms with Crippen LogP contribution in [0.5, 0.6) is 0 Å². The van der Waals surface area contributed by atoms with Gasteiger partial charge in [-0.3, -0.25) is 0 Å². The summed E-state index contributed by atoms with van der Waals surface area (Å²) in [5, 5.41) is 2.71. The van der Waals surface area contributed by atoms with Crippen LogP contribution in [0.25, 0.3) is 0 Å². The Morgan fingerprint density at radius 1 is 1.18 bits per heavy atom. The summed E-state index contributed by atoms with van der Waals surface area (Å²) < 4.78 is 28.2. The molecule has 0 bridgehead atoms. The first-order valence-electron chi connectivity index (χ1n) is 7.23. The van der Waals surface area contributed by atoms with Crippen LogP contribution in [0.4, 0.5) is 4.79 Å². The molecule has 22 heavy (non-hydrogen) atoms. The Hall–Kier alpha value is -1.67.